The van der Waals surface area contributed by atoms with Crippen molar-refractivity contribution >= 4 is 6.03 Å². The van der Waals surface area contributed by atoms with Crippen molar-refractivity contribution in [1.82, 2.24) is 30.0 Å². The Bertz CT molecular complexity index is 849. The predicted molar refractivity (Wildman–Crippen MR) is 91.9 cm³/mol. The van der Waals surface area contributed by atoms with Crippen LogP contribution >= 0.6 is 0 Å². The first kappa shape index (κ1) is 15.3. The van der Waals surface area contributed by atoms with E-state index in [1.54, 1.807) is 17.2 Å². The second-order valence-electron chi connectivity index (χ2n) is 5.89. The van der Waals surface area contributed by atoms with E-state index in [0.29, 0.717) is 12.4 Å². The second-order valence-corrected chi connectivity index (χ2v) is 5.89. The van der Waals surface area contributed by atoms with E-state index in [-0.39, 0.29) is 12.1 Å². The zero-order valence-electron chi connectivity index (χ0n) is 13.6. The molecule has 0 unspecified atom stereocenters. The van der Waals surface area contributed by atoms with Crippen molar-refractivity contribution in [2.75, 3.05) is 6.54 Å². The molecule has 1 atom stereocenters. The normalized spacial score (nSPS) is 16.3. The number of hydrogen-bond donors (Lipinski definition) is 1. The van der Waals surface area contributed by atoms with Gasteiger partial charge in [-0.2, -0.15) is 5.10 Å². The van der Waals surface area contributed by atoms with Gasteiger partial charge in [0, 0.05) is 24.8 Å². The number of nitrogens with one attached hydrogen (secondary N) is 1. The van der Waals surface area contributed by atoms with E-state index in [9.17, 15) is 4.79 Å². The van der Waals surface area contributed by atoms with Crippen LogP contribution in [0.1, 0.15) is 23.6 Å². The number of pyridine rings is 1. The first-order chi connectivity index (χ1) is 12.3. The molecule has 1 saturated heterocycles. The third-order valence-electron chi connectivity index (χ3n) is 4.40. The van der Waals surface area contributed by atoms with E-state index in [4.69, 9.17) is 0 Å². The maximum absolute atomic E-state index is 12.5. The molecular formula is C18H18N6O. The number of likely N-dealkylation sites (tertiary alicyclic amines) is 1. The summed E-state index contributed by atoms with van der Waals surface area (Å²) in [7, 11) is 0. The Morgan fingerprint density at radius 1 is 1.20 bits per heavy atom. The number of hydrogen-bond acceptors (Lipinski definition) is 4. The SMILES string of the molecule is O=C(NCc1cccnc1-n1cncn1)N1CC[C@H]1c1ccccc1. The molecule has 2 aromatic heterocycles. The van der Waals surface area contributed by atoms with Gasteiger partial charge in [0.2, 0.25) is 0 Å². The zero-order chi connectivity index (χ0) is 17.1. The van der Waals surface area contributed by atoms with Crippen molar-refractivity contribution in [3.05, 3.63) is 72.4 Å². The van der Waals surface area contributed by atoms with E-state index in [1.807, 2.05) is 35.2 Å². The van der Waals surface area contributed by atoms with Gasteiger partial charge < -0.3 is 10.2 Å². The fourth-order valence-corrected chi connectivity index (χ4v) is 3.02. The molecule has 4 rings (SSSR count). The zero-order valence-corrected chi connectivity index (χ0v) is 13.6. The lowest BCUT2D eigenvalue weighted by Crippen LogP contribution is -2.49. The number of rotatable bonds is 4. The Balaban J connectivity index is 1.43. The lowest BCUT2D eigenvalue weighted by Gasteiger charge is -2.41. The lowest BCUT2D eigenvalue weighted by atomic mass is 9.95. The number of carbonyl (C=O) groups excluding carboxylic acids is 1. The summed E-state index contributed by atoms with van der Waals surface area (Å²) in [6.07, 6.45) is 5.74. The molecule has 1 aromatic carbocycles. The van der Waals surface area contributed by atoms with Crippen LogP contribution in [0.2, 0.25) is 0 Å². The average molecular weight is 334 g/mol. The quantitative estimate of drug-likeness (QED) is 0.794. The molecule has 7 nitrogen and oxygen atoms in total. The molecule has 2 amide bonds. The fourth-order valence-electron chi connectivity index (χ4n) is 3.02. The highest BCUT2D eigenvalue weighted by Gasteiger charge is 2.33. The standard InChI is InChI=1S/C18H18N6O/c25-18(23-10-8-16(23)14-5-2-1-3-6-14)21-11-15-7-4-9-20-17(15)24-13-19-12-22-24/h1-7,9,12-13,16H,8,10-11H2,(H,21,25)/t16-/m0/s1. The third kappa shape index (κ3) is 3.08. The largest absolute Gasteiger partial charge is 0.334 e. The molecular weight excluding hydrogens is 316 g/mol. The van der Waals surface area contributed by atoms with Gasteiger partial charge in [-0.15, -0.1) is 0 Å². The summed E-state index contributed by atoms with van der Waals surface area (Å²) in [5.74, 6) is 0.670. The molecule has 126 valence electrons. The van der Waals surface area contributed by atoms with Crippen molar-refractivity contribution in [2.45, 2.75) is 19.0 Å². The minimum atomic E-state index is -0.0616. The number of nitrogens with zero attached hydrogens (tertiary/aromatic N) is 5. The van der Waals surface area contributed by atoms with E-state index in [0.717, 1.165) is 18.5 Å². The maximum atomic E-state index is 12.5. The van der Waals surface area contributed by atoms with Crippen LogP contribution in [0.4, 0.5) is 4.79 Å². The van der Waals surface area contributed by atoms with Crippen LogP contribution in [-0.4, -0.2) is 37.2 Å². The van der Waals surface area contributed by atoms with E-state index >= 15 is 0 Å². The second kappa shape index (κ2) is 6.72. The van der Waals surface area contributed by atoms with Gasteiger partial charge in [-0.05, 0) is 18.1 Å². The van der Waals surface area contributed by atoms with Gasteiger partial charge in [-0.25, -0.2) is 19.4 Å². The average Bonchev–Trinajstić information content (AvgIpc) is 3.15. The molecule has 1 N–H and O–H groups in total. The Labute approximate surface area is 145 Å². The van der Waals surface area contributed by atoms with Crippen LogP contribution in [-0.2, 0) is 6.54 Å². The Morgan fingerprint density at radius 3 is 2.80 bits per heavy atom. The Hall–Kier alpha value is -3.22. The van der Waals surface area contributed by atoms with Gasteiger partial charge in [0.15, 0.2) is 5.82 Å². The summed E-state index contributed by atoms with van der Waals surface area (Å²) >= 11 is 0. The molecule has 0 saturated carbocycles. The van der Waals surface area contributed by atoms with Crippen LogP contribution in [0.3, 0.4) is 0 Å². The minimum Gasteiger partial charge on any atom is -0.334 e. The third-order valence-corrected chi connectivity index (χ3v) is 4.40. The fraction of sp³-hybridized carbons (Fsp3) is 0.222. The molecule has 0 spiro atoms. The number of carbonyl (C=O) groups is 1. The summed E-state index contributed by atoms with van der Waals surface area (Å²) in [5, 5.41) is 7.10. The molecule has 0 radical (unpaired) electrons. The molecule has 25 heavy (non-hydrogen) atoms. The first-order valence-electron chi connectivity index (χ1n) is 8.21. The van der Waals surface area contributed by atoms with Crippen LogP contribution in [0.5, 0.6) is 0 Å². The minimum absolute atomic E-state index is 0.0616. The Morgan fingerprint density at radius 2 is 2.08 bits per heavy atom. The van der Waals surface area contributed by atoms with Gasteiger partial charge in [-0.1, -0.05) is 36.4 Å². The highest BCUT2D eigenvalue weighted by atomic mass is 16.2. The van der Waals surface area contributed by atoms with Crippen LogP contribution in [0.15, 0.2) is 61.3 Å². The van der Waals surface area contributed by atoms with Gasteiger partial charge in [0.25, 0.3) is 0 Å². The summed E-state index contributed by atoms with van der Waals surface area (Å²) in [6.45, 7) is 1.16. The van der Waals surface area contributed by atoms with Gasteiger partial charge in [0.05, 0.1) is 6.04 Å². The first-order valence-corrected chi connectivity index (χ1v) is 8.21. The smallest absolute Gasteiger partial charge is 0.318 e. The molecule has 7 heteroatoms. The summed E-state index contributed by atoms with van der Waals surface area (Å²) < 4.78 is 1.60. The van der Waals surface area contributed by atoms with Crippen LogP contribution in [0, 0.1) is 0 Å². The molecule has 1 aliphatic rings. The molecule has 3 heterocycles. The monoisotopic (exact) mass is 334 g/mol. The maximum Gasteiger partial charge on any atom is 0.318 e. The van der Waals surface area contributed by atoms with Crippen LogP contribution < -0.4 is 5.32 Å². The van der Waals surface area contributed by atoms with Gasteiger partial charge >= 0.3 is 6.03 Å². The molecule has 3 aromatic rings. The van der Waals surface area contributed by atoms with Crippen molar-refractivity contribution < 1.29 is 4.79 Å². The number of aromatic nitrogens is 4. The van der Waals surface area contributed by atoms with Gasteiger partial charge in [-0.3, -0.25) is 0 Å². The highest BCUT2D eigenvalue weighted by molar-refractivity contribution is 5.75. The van der Waals surface area contributed by atoms with Gasteiger partial charge in [0.1, 0.15) is 12.7 Å². The lowest BCUT2D eigenvalue weighted by molar-refractivity contribution is 0.115. The molecule has 0 bridgehead atoms. The highest BCUT2D eigenvalue weighted by Crippen LogP contribution is 2.32. The van der Waals surface area contributed by atoms with E-state index < -0.39 is 0 Å². The topological polar surface area (TPSA) is 75.9 Å². The summed E-state index contributed by atoms with van der Waals surface area (Å²) in [5.41, 5.74) is 2.06. The summed E-state index contributed by atoms with van der Waals surface area (Å²) in [4.78, 5) is 22.7. The van der Waals surface area contributed by atoms with Crippen LogP contribution in [0.25, 0.3) is 5.82 Å². The number of benzene rings is 1. The number of urea groups is 1. The predicted octanol–water partition coefficient (Wildman–Crippen LogP) is 2.32. The Kier molecular flexibility index (Phi) is 4.12. The number of amides is 2. The molecule has 1 aliphatic heterocycles. The molecule has 1 fully saturated rings. The van der Waals surface area contributed by atoms with Crippen molar-refractivity contribution in [3.63, 3.8) is 0 Å². The van der Waals surface area contributed by atoms with Crippen molar-refractivity contribution in [3.8, 4) is 5.82 Å². The van der Waals surface area contributed by atoms with Crippen molar-refractivity contribution in [1.29, 1.82) is 0 Å². The molecule has 0 aliphatic carbocycles. The van der Waals surface area contributed by atoms with Crippen molar-refractivity contribution in [2.24, 2.45) is 0 Å². The summed E-state index contributed by atoms with van der Waals surface area (Å²) in [6, 6.07) is 14.0. The van der Waals surface area contributed by atoms with E-state index in [2.05, 4.69) is 32.5 Å². The van der Waals surface area contributed by atoms with E-state index in [1.165, 1.54) is 11.9 Å².